The lowest BCUT2D eigenvalue weighted by molar-refractivity contribution is -0.137. The fourth-order valence-electron chi connectivity index (χ4n) is 6.10. The van der Waals surface area contributed by atoms with Gasteiger partial charge >= 0.3 is 12.3 Å². The topological polar surface area (TPSA) is 89.8 Å². The zero-order chi connectivity index (χ0) is 32.2. The Morgan fingerprint density at radius 1 is 1.05 bits per heavy atom. The van der Waals surface area contributed by atoms with E-state index >= 15 is 0 Å². The number of amides is 2. The van der Waals surface area contributed by atoms with Crippen molar-refractivity contribution in [1.82, 2.24) is 24.8 Å². The van der Waals surface area contributed by atoms with Crippen LogP contribution in [0.15, 0.2) is 54.7 Å². The Morgan fingerprint density at radius 3 is 2.36 bits per heavy atom. The smallest absolute Gasteiger partial charge is 0.416 e. The Labute approximate surface area is 254 Å². The number of likely N-dealkylation sites (tertiary alicyclic amines) is 1. The van der Waals surface area contributed by atoms with Gasteiger partial charge in [-0.2, -0.15) is 13.2 Å². The number of carbonyl (C=O) groups is 2. The van der Waals surface area contributed by atoms with Gasteiger partial charge in [-0.1, -0.05) is 30.3 Å². The second kappa shape index (κ2) is 11.2. The van der Waals surface area contributed by atoms with Crippen molar-refractivity contribution < 1.29 is 32.2 Å². The first-order valence-corrected chi connectivity index (χ1v) is 14.7. The Hall–Kier alpha value is -3.93. The molecule has 2 unspecified atom stereocenters. The molecule has 236 valence electrons. The Bertz CT molecular complexity index is 1530. The summed E-state index contributed by atoms with van der Waals surface area (Å²) in [5.74, 6) is -0.0443. The molecule has 4 atom stereocenters. The van der Waals surface area contributed by atoms with Crippen molar-refractivity contribution in [3.8, 4) is 5.69 Å². The van der Waals surface area contributed by atoms with Crippen LogP contribution in [-0.2, 0) is 15.7 Å². The van der Waals surface area contributed by atoms with E-state index in [1.165, 1.54) is 21.7 Å². The highest BCUT2D eigenvalue weighted by molar-refractivity contribution is 5.95. The number of hydrogen-bond donors (Lipinski definition) is 0. The molecular formula is C32H38F3N5O4. The first-order valence-electron chi connectivity index (χ1n) is 14.7. The van der Waals surface area contributed by atoms with E-state index in [0.717, 1.165) is 12.1 Å². The monoisotopic (exact) mass is 613 g/mol. The van der Waals surface area contributed by atoms with E-state index in [1.807, 2.05) is 13.8 Å². The summed E-state index contributed by atoms with van der Waals surface area (Å²) < 4.78 is 52.7. The van der Waals surface area contributed by atoms with E-state index in [-0.39, 0.29) is 17.9 Å². The van der Waals surface area contributed by atoms with Crippen LogP contribution in [0.3, 0.4) is 0 Å². The van der Waals surface area contributed by atoms with Gasteiger partial charge in [0.25, 0.3) is 5.91 Å². The van der Waals surface area contributed by atoms with Gasteiger partial charge in [-0.25, -0.2) is 9.48 Å². The average molecular weight is 614 g/mol. The normalized spacial score (nSPS) is 23.7. The van der Waals surface area contributed by atoms with E-state index in [2.05, 4.69) is 10.3 Å². The molecular weight excluding hydrogens is 575 g/mol. The third-order valence-electron chi connectivity index (χ3n) is 7.93. The van der Waals surface area contributed by atoms with Crippen LogP contribution in [0, 0.1) is 5.92 Å². The summed E-state index contributed by atoms with van der Waals surface area (Å²) in [4.78, 5) is 30.2. The second-order valence-electron chi connectivity index (χ2n) is 13.1. The molecule has 2 amide bonds. The number of nitrogens with zero attached hydrogens (tertiary/aromatic N) is 5. The summed E-state index contributed by atoms with van der Waals surface area (Å²) in [5.41, 5.74) is -0.200. The number of ether oxygens (including phenoxy) is 2. The number of alkyl halides is 3. The predicted octanol–water partition coefficient (Wildman–Crippen LogP) is 6.94. The first-order chi connectivity index (χ1) is 20.4. The van der Waals surface area contributed by atoms with E-state index < -0.39 is 41.3 Å². The molecule has 44 heavy (non-hydrogen) atoms. The summed E-state index contributed by atoms with van der Waals surface area (Å²) >= 11 is 0. The van der Waals surface area contributed by atoms with Gasteiger partial charge in [0.15, 0.2) is 0 Å². The molecule has 0 spiro atoms. The van der Waals surface area contributed by atoms with E-state index in [9.17, 15) is 22.8 Å². The largest absolute Gasteiger partial charge is 0.444 e. The predicted molar refractivity (Wildman–Crippen MR) is 156 cm³/mol. The molecule has 5 rings (SSSR count). The minimum atomic E-state index is -4.42. The summed E-state index contributed by atoms with van der Waals surface area (Å²) in [7, 11) is 0. The molecule has 2 aliphatic heterocycles. The van der Waals surface area contributed by atoms with Gasteiger partial charge < -0.3 is 14.4 Å². The Kier molecular flexibility index (Phi) is 8.02. The van der Waals surface area contributed by atoms with E-state index in [4.69, 9.17) is 9.47 Å². The minimum Gasteiger partial charge on any atom is -0.444 e. The van der Waals surface area contributed by atoms with Gasteiger partial charge in [-0.05, 0) is 89.8 Å². The van der Waals surface area contributed by atoms with Crippen LogP contribution in [0.2, 0.25) is 0 Å². The molecule has 3 aromatic rings. The van der Waals surface area contributed by atoms with Crippen LogP contribution in [0.25, 0.3) is 5.69 Å². The number of rotatable bonds is 4. The van der Waals surface area contributed by atoms with Crippen LogP contribution in [0.5, 0.6) is 0 Å². The van der Waals surface area contributed by atoms with Crippen molar-refractivity contribution in [3.63, 3.8) is 0 Å². The average Bonchev–Trinajstić information content (AvgIpc) is 3.62. The van der Waals surface area contributed by atoms with Crippen LogP contribution in [-0.4, -0.2) is 60.8 Å². The zero-order valence-electron chi connectivity index (χ0n) is 25.9. The Morgan fingerprint density at radius 2 is 1.73 bits per heavy atom. The molecule has 2 fully saturated rings. The molecule has 0 bridgehead atoms. The van der Waals surface area contributed by atoms with Crippen molar-refractivity contribution in [2.45, 2.75) is 90.6 Å². The van der Waals surface area contributed by atoms with Crippen molar-refractivity contribution in [2.75, 3.05) is 6.54 Å². The molecule has 1 aromatic heterocycles. The minimum absolute atomic E-state index is 0.181. The molecule has 0 N–H and O–H groups in total. The maximum Gasteiger partial charge on any atom is 0.416 e. The Balaban J connectivity index is 1.39. The van der Waals surface area contributed by atoms with Crippen molar-refractivity contribution in [3.05, 3.63) is 77.1 Å². The zero-order valence-corrected chi connectivity index (χ0v) is 25.9. The molecule has 12 heteroatoms. The molecule has 9 nitrogen and oxygen atoms in total. The number of hydrogen-bond acceptors (Lipinski definition) is 6. The highest BCUT2D eigenvalue weighted by Gasteiger charge is 2.51. The molecule has 2 aliphatic rings. The third kappa shape index (κ3) is 6.31. The van der Waals surface area contributed by atoms with Gasteiger partial charge in [0.05, 0.1) is 29.6 Å². The van der Waals surface area contributed by atoms with Crippen molar-refractivity contribution in [2.24, 2.45) is 5.92 Å². The van der Waals surface area contributed by atoms with Gasteiger partial charge in [-0.15, -0.1) is 5.10 Å². The molecule has 0 aliphatic carbocycles. The quantitative estimate of drug-likeness (QED) is 0.317. The molecule has 0 saturated carbocycles. The number of aromatic nitrogens is 3. The van der Waals surface area contributed by atoms with Crippen molar-refractivity contribution >= 4 is 12.0 Å². The summed E-state index contributed by atoms with van der Waals surface area (Å²) in [5, 5.41) is 8.66. The van der Waals surface area contributed by atoms with Crippen LogP contribution in [0.4, 0.5) is 18.0 Å². The molecule has 3 heterocycles. The molecule has 2 saturated heterocycles. The summed E-state index contributed by atoms with van der Waals surface area (Å²) in [6.45, 7) is 13.4. The van der Waals surface area contributed by atoms with Crippen LogP contribution >= 0.6 is 0 Å². The SMILES string of the molecule is CC1CC(c2ccc(C(F)(F)F)cc2)N(C(=O)c2cccc(-n3cc([C@@H]4[C@@H](C)OC(C)(C)N4C(=O)OC(C)(C)C)nn3)c2)C1. The fraction of sp³-hybridized carbons (Fsp3) is 0.500. The fourth-order valence-corrected chi connectivity index (χ4v) is 6.10. The van der Waals surface area contributed by atoms with Crippen LogP contribution in [0.1, 0.15) is 94.1 Å². The number of carbonyl (C=O) groups excluding carboxylic acids is 2. The van der Waals surface area contributed by atoms with Gasteiger partial charge in [0.1, 0.15) is 23.1 Å². The standard InChI is InChI=1S/C32H38F3N5O4/c1-19-15-26(21-11-13-23(14-12-21)32(33,34)35)38(17-19)28(41)22-9-8-10-24(16-22)39-18-25(36-37-39)27-20(2)43-31(6,7)40(27)29(42)44-30(3,4)5/h8-14,16,18-20,26-27H,15,17H2,1-7H3/t19?,20-,26?,27+/m1/s1. The van der Waals surface area contributed by atoms with E-state index in [1.54, 1.807) is 70.0 Å². The van der Waals surface area contributed by atoms with Crippen LogP contribution < -0.4 is 0 Å². The third-order valence-corrected chi connectivity index (χ3v) is 7.93. The first kappa shape index (κ1) is 31.5. The van der Waals surface area contributed by atoms with Gasteiger partial charge in [0, 0.05) is 12.1 Å². The molecule has 0 radical (unpaired) electrons. The lowest BCUT2D eigenvalue weighted by Crippen LogP contribution is -2.47. The maximum atomic E-state index is 13.8. The molecule has 2 aromatic carbocycles. The lowest BCUT2D eigenvalue weighted by atomic mass is 9.99. The summed E-state index contributed by atoms with van der Waals surface area (Å²) in [6, 6.07) is 11.1. The second-order valence-corrected chi connectivity index (χ2v) is 13.1. The van der Waals surface area contributed by atoms with Crippen molar-refractivity contribution in [1.29, 1.82) is 0 Å². The number of benzene rings is 2. The maximum absolute atomic E-state index is 13.8. The lowest BCUT2D eigenvalue weighted by Gasteiger charge is -2.34. The van der Waals surface area contributed by atoms with Gasteiger partial charge in [0.2, 0.25) is 0 Å². The summed E-state index contributed by atoms with van der Waals surface area (Å²) in [6.07, 6.45) is -2.99. The number of halogens is 3. The van der Waals surface area contributed by atoms with Gasteiger partial charge in [-0.3, -0.25) is 9.69 Å². The highest BCUT2D eigenvalue weighted by Crippen LogP contribution is 2.42. The van der Waals surface area contributed by atoms with E-state index in [0.29, 0.717) is 35.5 Å². The highest BCUT2D eigenvalue weighted by atomic mass is 19.4.